The van der Waals surface area contributed by atoms with Crippen molar-refractivity contribution in [2.45, 2.75) is 13.3 Å². The van der Waals surface area contributed by atoms with Gasteiger partial charge in [0.1, 0.15) is 0 Å². The van der Waals surface area contributed by atoms with E-state index in [1.54, 1.807) is 0 Å². The highest BCUT2D eigenvalue weighted by atomic mass is 32.2. The smallest absolute Gasteiger partial charge is 0.228 e. The first-order chi connectivity index (χ1) is 7.66. The Bertz CT molecular complexity index is 400. The molecule has 3 nitrogen and oxygen atoms in total. The van der Waals surface area contributed by atoms with E-state index in [9.17, 15) is 4.79 Å². The van der Waals surface area contributed by atoms with Crippen molar-refractivity contribution in [1.82, 2.24) is 0 Å². The summed E-state index contributed by atoms with van der Waals surface area (Å²) in [4.78, 5) is 11.8. The normalized spacial score (nSPS) is 19.7. The van der Waals surface area contributed by atoms with Crippen molar-refractivity contribution >= 4 is 29.0 Å². The summed E-state index contributed by atoms with van der Waals surface area (Å²) in [5.41, 5.74) is 8.35. The quantitative estimate of drug-likeness (QED) is 0.774. The number of nitrogen functional groups attached to an aromatic ring is 1. The molecule has 1 aromatic carbocycles. The number of nitrogens with one attached hydrogen (secondary N) is 1. The number of hydrogen-bond acceptors (Lipinski definition) is 3. The fourth-order valence-corrected chi connectivity index (χ4v) is 2.92. The molecule has 0 spiro atoms. The summed E-state index contributed by atoms with van der Waals surface area (Å²) in [6, 6.07) is 5.63. The van der Waals surface area contributed by atoms with Crippen molar-refractivity contribution in [3.8, 4) is 0 Å². The molecule has 1 unspecified atom stereocenters. The highest BCUT2D eigenvalue weighted by Gasteiger charge is 2.23. The van der Waals surface area contributed by atoms with E-state index in [2.05, 4.69) is 5.32 Å². The van der Waals surface area contributed by atoms with E-state index >= 15 is 0 Å². The first kappa shape index (κ1) is 11.3. The zero-order valence-electron chi connectivity index (χ0n) is 9.32. The first-order valence-corrected chi connectivity index (χ1v) is 6.57. The van der Waals surface area contributed by atoms with Gasteiger partial charge in [-0.15, -0.1) is 0 Å². The molecule has 2 rings (SSSR count). The van der Waals surface area contributed by atoms with Crippen molar-refractivity contribution in [1.29, 1.82) is 0 Å². The van der Waals surface area contributed by atoms with E-state index in [4.69, 9.17) is 5.73 Å². The van der Waals surface area contributed by atoms with E-state index in [1.165, 1.54) is 0 Å². The van der Waals surface area contributed by atoms with Crippen LogP contribution in [0.4, 0.5) is 11.4 Å². The molecule has 0 aromatic heterocycles. The third-order valence-corrected chi connectivity index (χ3v) is 4.01. The van der Waals surface area contributed by atoms with Gasteiger partial charge >= 0.3 is 0 Å². The van der Waals surface area contributed by atoms with Crippen LogP contribution in [0.25, 0.3) is 0 Å². The molecule has 1 aliphatic heterocycles. The lowest BCUT2D eigenvalue weighted by Crippen LogP contribution is -2.22. The number of hydrogen-bond donors (Lipinski definition) is 2. The lowest BCUT2D eigenvalue weighted by atomic mass is 10.1. The summed E-state index contributed by atoms with van der Waals surface area (Å²) in [6.07, 6.45) is 0.984. The summed E-state index contributed by atoms with van der Waals surface area (Å²) in [5.74, 6) is 2.31. The largest absolute Gasteiger partial charge is 0.398 e. The van der Waals surface area contributed by atoms with Crippen LogP contribution in [0.2, 0.25) is 0 Å². The lowest BCUT2D eigenvalue weighted by Gasteiger charge is -2.11. The second-order valence-corrected chi connectivity index (χ2v) is 5.27. The van der Waals surface area contributed by atoms with Crippen LogP contribution >= 0.6 is 11.8 Å². The lowest BCUT2D eigenvalue weighted by molar-refractivity contribution is -0.119. The summed E-state index contributed by atoms with van der Waals surface area (Å²) in [6.45, 7) is 1.95. The summed E-state index contributed by atoms with van der Waals surface area (Å²) in [7, 11) is 0. The summed E-state index contributed by atoms with van der Waals surface area (Å²) < 4.78 is 0. The maximum absolute atomic E-state index is 11.8. The zero-order chi connectivity index (χ0) is 11.5. The molecule has 0 saturated carbocycles. The Hall–Kier alpha value is -1.16. The van der Waals surface area contributed by atoms with Gasteiger partial charge in [0.2, 0.25) is 5.91 Å². The molecule has 1 heterocycles. The molecule has 0 bridgehead atoms. The van der Waals surface area contributed by atoms with Gasteiger partial charge in [-0.3, -0.25) is 4.79 Å². The second kappa shape index (κ2) is 4.78. The number of nitrogens with two attached hydrogens (primary N) is 1. The minimum Gasteiger partial charge on any atom is -0.398 e. The van der Waals surface area contributed by atoms with Gasteiger partial charge in [-0.05, 0) is 36.8 Å². The maximum Gasteiger partial charge on any atom is 0.228 e. The summed E-state index contributed by atoms with van der Waals surface area (Å²) in [5, 5.41) is 2.92. The average molecular weight is 236 g/mol. The Morgan fingerprint density at radius 3 is 3.00 bits per heavy atom. The van der Waals surface area contributed by atoms with Crippen molar-refractivity contribution in [3.63, 3.8) is 0 Å². The molecule has 1 atom stereocenters. The van der Waals surface area contributed by atoms with E-state index < -0.39 is 0 Å². The molecule has 0 aliphatic carbocycles. The number of amides is 1. The highest BCUT2D eigenvalue weighted by Crippen LogP contribution is 2.25. The van der Waals surface area contributed by atoms with Crippen LogP contribution in [0.1, 0.15) is 12.0 Å². The molecule has 1 saturated heterocycles. The number of aryl methyl sites for hydroxylation is 1. The fraction of sp³-hybridized carbons (Fsp3) is 0.417. The van der Waals surface area contributed by atoms with Gasteiger partial charge in [0.05, 0.1) is 0 Å². The van der Waals surface area contributed by atoms with Crippen molar-refractivity contribution < 1.29 is 4.79 Å². The van der Waals surface area contributed by atoms with Gasteiger partial charge < -0.3 is 11.1 Å². The molecular formula is C12H16N2OS. The Labute approximate surface area is 99.8 Å². The van der Waals surface area contributed by atoms with Crippen molar-refractivity contribution in [3.05, 3.63) is 23.8 Å². The Morgan fingerprint density at radius 1 is 1.56 bits per heavy atom. The fourth-order valence-electron chi connectivity index (χ4n) is 1.70. The third kappa shape index (κ3) is 2.50. The number of rotatable bonds is 2. The number of thioether (sulfide) groups is 1. The molecule has 0 radical (unpaired) electrons. The van der Waals surface area contributed by atoms with Crippen molar-refractivity contribution in [2.75, 3.05) is 22.6 Å². The van der Waals surface area contributed by atoms with E-state index in [1.807, 2.05) is 36.9 Å². The van der Waals surface area contributed by atoms with Crippen molar-refractivity contribution in [2.24, 2.45) is 5.92 Å². The van der Waals surface area contributed by atoms with Gasteiger partial charge in [-0.25, -0.2) is 0 Å². The zero-order valence-corrected chi connectivity index (χ0v) is 10.1. The minimum absolute atomic E-state index is 0.119. The Balaban J connectivity index is 2.02. The van der Waals surface area contributed by atoms with Crippen LogP contribution in [0.5, 0.6) is 0 Å². The van der Waals surface area contributed by atoms with Gasteiger partial charge in [0.25, 0.3) is 0 Å². The van der Waals surface area contributed by atoms with E-state index in [0.717, 1.165) is 34.9 Å². The predicted octanol–water partition coefficient (Wildman–Crippen LogP) is 2.27. The third-order valence-electron chi connectivity index (χ3n) is 2.85. The van der Waals surface area contributed by atoms with Crippen LogP contribution in [0.3, 0.4) is 0 Å². The molecular weight excluding hydrogens is 220 g/mol. The maximum atomic E-state index is 11.8. The summed E-state index contributed by atoms with van der Waals surface area (Å²) >= 11 is 1.84. The molecule has 4 heteroatoms. The Morgan fingerprint density at radius 2 is 2.38 bits per heavy atom. The number of carbonyl (C=O) groups excluding carboxylic acids is 1. The molecule has 86 valence electrons. The molecule has 1 aromatic rings. The first-order valence-electron chi connectivity index (χ1n) is 5.41. The Kier molecular flexibility index (Phi) is 3.39. The van der Waals surface area contributed by atoms with Crippen LogP contribution in [-0.2, 0) is 4.79 Å². The molecule has 3 N–H and O–H groups in total. The minimum atomic E-state index is 0.119. The topological polar surface area (TPSA) is 55.1 Å². The number of carbonyl (C=O) groups is 1. The number of anilines is 2. The van der Waals surface area contributed by atoms with Gasteiger partial charge in [0.15, 0.2) is 0 Å². The van der Waals surface area contributed by atoms with Gasteiger partial charge in [0, 0.05) is 23.0 Å². The van der Waals surface area contributed by atoms with E-state index in [0.29, 0.717) is 0 Å². The van der Waals surface area contributed by atoms with Crippen LogP contribution < -0.4 is 11.1 Å². The van der Waals surface area contributed by atoms with Gasteiger partial charge in [-0.1, -0.05) is 6.07 Å². The predicted molar refractivity (Wildman–Crippen MR) is 69.7 cm³/mol. The molecule has 1 aliphatic rings. The van der Waals surface area contributed by atoms with E-state index in [-0.39, 0.29) is 11.8 Å². The van der Waals surface area contributed by atoms with Crippen LogP contribution in [-0.4, -0.2) is 17.4 Å². The van der Waals surface area contributed by atoms with Gasteiger partial charge in [-0.2, -0.15) is 11.8 Å². The number of benzene rings is 1. The molecule has 1 amide bonds. The SMILES string of the molecule is Cc1ccc(NC(=O)C2CCSC2)cc1N. The average Bonchev–Trinajstić information content (AvgIpc) is 2.77. The molecule has 1 fully saturated rings. The standard InChI is InChI=1S/C12H16N2OS/c1-8-2-3-10(6-11(8)13)14-12(15)9-4-5-16-7-9/h2-3,6,9H,4-5,7,13H2,1H3,(H,14,15). The second-order valence-electron chi connectivity index (χ2n) is 4.12. The van der Waals surface area contributed by atoms with Crippen LogP contribution in [0, 0.1) is 12.8 Å². The molecule has 16 heavy (non-hydrogen) atoms. The highest BCUT2D eigenvalue weighted by molar-refractivity contribution is 7.99. The van der Waals surface area contributed by atoms with Crippen LogP contribution in [0.15, 0.2) is 18.2 Å². The monoisotopic (exact) mass is 236 g/mol.